The third-order valence-electron chi connectivity index (χ3n) is 4.74. The van der Waals surface area contributed by atoms with Crippen molar-refractivity contribution in [3.63, 3.8) is 0 Å². The van der Waals surface area contributed by atoms with Crippen LogP contribution in [0.3, 0.4) is 0 Å². The van der Waals surface area contributed by atoms with E-state index in [2.05, 4.69) is 39.9 Å². The summed E-state index contributed by atoms with van der Waals surface area (Å²) in [5.74, 6) is 1.59. The van der Waals surface area contributed by atoms with Gasteiger partial charge in [-0.3, -0.25) is 0 Å². The lowest BCUT2D eigenvalue weighted by atomic mass is 9.57. The third-order valence-corrected chi connectivity index (χ3v) is 4.74. The molecule has 2 heteroatoms. The van der Waals surface area contributed by atoms with Crippen LogP contribution in [-0.4, -0.2) is 24.8 Å². The fourth-order valence-corrected chi connectivity index (χ4v) is 3.64. The van der Waals surface area contributed by atoms with Gasteiger partial charge in [0, 0.05) is 30.0 Å². The van der Waals surface area contributed by atoms with E-state index in [1.165, 1.54) is 19.3 Å². The molecule has 1 aliphatic heterocycles. The average Bonchev–Trinajstić information content (AvgIpc) is 2.69. The molecular weight excluding hydrogens is 210 g/mol. The first-order chi connectivity index (χ1) is 7.93. The van der Waals surface area contributed by atoms with E-state index in [9.17, 15) is 0 Å². The van der Waals surface area contributed by atoms with Gasteiger partial charge in [-0.1, -0.05) is 27.7 Å². The summed E-state index contributed by atoms with van der Waals surface area (Å²) in [5, 5.41) is 3.85. The minimum Gasteiger partial charge on any atom is -0.377 e. The van der Waals surface area contributed by atoms with E-state index >= 15 is 0 Å². The molecule has 1 saturated heterocycles. The number of hydrogen-bond donors (Lipinski definition) is 1. The molecule has 0 spiro atoms. The van der Waals surface area contributed by atoms with Gasteiger partial charge in [0.25, 0.3) is 0 Å². The van der Waals surface area contributed by atoms with Gasteiger partial charge in [-0.05, 0) is 32.1 Å². The summed E-state index contributed by atoms with van der Waals surface area (Å²) >= 11 is 0. The standard InChI is InChI=1S/C15H29NO/c1-10(2)6-7-11(3)16-13-12-8-9-17-14(12)15(13,4)5/h10-14,16H,6-9H2,1-5H3. The minimum absolute atomic E-state index is 0.327. The third kappa shape index (κ3) is 2.53. The molecule has 1 saturated carbocycles. The molecule has 2 aliphatic rings. The van der Waals surface area contributed by atoms with Crippen LogP contribution in [0.15, 0.2) is 0 Å². The predicted octanol–water partition coefficient (Wildman–Crippen LogP) is 3.21. The Bertz CT molecular complexity index is 262. The Kier molecular flexibility index (Phi) is 3.84. The number of fused-ring (bicyclic) bond motifs is 1. The first-order valence-corrected chi connectivity index (χ1v) is 7.30. The summed E-state index contributed by atoms with van der Waals surface area (Å²) in [4.78, 5) is 0. The molecule has 0 amide bonds. The Hall–Kier alpha value is -0.0800. The summed E-state index contributed by atoms with van der Waals surface area (Å²) in [6.07, 6.45) is 4.38. The minimum atomic E-state index is 0.327. The van der Waals surface area contributed by atoms with Crippen molar-refractivity contribution in [2.75, 3.05) is 6.61 Å². The van der Waals surface area contributed by atoms with Crippen molar-refractivity contribution >= 4 is 0 Å². The van der Waals surface area contributed by atoms with Gasteiger partial charge in [-0.15, -0.1) is 0 Å². The highest BCUT2D eigenvalue weighted by molar-refractivity contribution is 5.11. The normalized spacial score (nSPS) is 36.7. The summed E-state index contributed by atoms with van der Waals surface area (Å²) in [6.45, 7) is 12.6. The first kappa shape index (κ1) is 13.4. The summed E-state index contributed by atoms with van der Waals surface area (Å²) in [6, 6.07) is 1.31. The fraction of sp³-hybridized carbons (Fsp3) is 1.00. The van der Waals surface area contributed by atoms with Crippen LogP contribution in [0.5, 0.6) is 0 Å². The number of nitrogens with one attached hydrogen (secondary N) is 1. The maximum atomic E-state index is 5.84. The molecule has 4 atom stereocenters. The van der Waals surface area contributed by atoms with E-state index in [1.807, 2.05) is 0 Å². The second-order valence-electron chi connectivity index (χ2n) is 7.08. The number of ether oxygens (including phenoxy) is 1. The smallest absolute Gasteiger partial charge is 0.0685 e. The molecule has 0 aromatic rings. The molecule has 2 fully saturated rings. The van der Waals surface area contributed by atoms with E-state index in [0.29, 0.717) is 23.6 Å². The lowest BCUT2D eigenvalue weighted by molar-refractivity contribution is -0.115. The lowest BCUT2D eigenvalue weighted by Gasteiger charge is -2.55. The van der Waals surface area contributed by atoms with Crippen LogP contribution in [0.25, 0.3) is 0 Å². The second kappa shape index (κ2) is 4.89. The van der Waals surface area contributed by atoms with Crippen molar-refractivity contribution in [3.8, 4) is 0 Å². The molecule has 4 unspecified atom stereocenters. The molecule has 0 aromatic heterocycles. The molecule has 2 rings (SSSR count). The molecule has 2 nitrogen and oxygen atoms in total. The molecule has 1 aliphatic carbocycles. The van der Waals surface area contributed by atoms with Crippen molar-refractivity contribution in [3.05, 3.63) is 0 Å². The van der Waals surface area contributed by atoms with Crippen molar-refractivity contribution in [2.24, 2.45) is 17.3 Å². The van der Waals surface area contributed by atoms with Gasteiger partial charge in [0.15, 0.2) is 0 Å². The van der Waals surface area contributed by atoms with Gasteiger partial charge < -0.3 is 10.1 Å². The van der Waals surface area contributed by atoms with Crippen molar-refractivity contribution < 1.29 is 4.74 Å². The Morgan fingerprint density at radius 2 is 1.94 bits per heavy atom. The molecule has 0 aromatic carbocycles. The SMILES string of the molecule is CC(C)CCC(C)NC1C2CCOC2C1(C)C. The zero-order chi connectivity index (χ0) is 12.6. The second-order valence-corrected chi connectivity index (χ2v) is 7.08. The summed E-state index contributed by atoms with van der Waals surface area (Å²) < 4.78 is 5.84. The Labute approximate surface area is 107 Å². The zero-order valence-electron chi connectivity index (χ0n) is 12.1. The largest absolute Gasteiger partial charge is 0.377 e. The van der Waals surface area contributed by atoms with Crippen molar-refractivity contribution in [1.29, 1.82) is 0 Å². The van der Waals surface area contributed by atoms with Crippen LogP contribution in [0.1, 0.15) is 53.9 Å². The Balaban J connectivity index is 1.82. The van der Waals surface area contributed by atoms with Gasteiger partial charge in [0.05, 0.1) is 6.10 Å². The lowest BCUT2D eigenvalue weighted by Crippen LogP contribution is -2.67. The monoisotopic (exact) mass is 239 g/mol. The fourth-order valence-electron chi connectivity index (χ4n) is 3.64. The summed E-state index contributed by atoms with van der Waals surface area (Å²) in [5.41, 5.74) is 0.327. The van der Waals surface area contributed by atoms with Crippen LogP contribution in [0.4, 0.5) is 0 Å². The van der Waals surface area contributed by atoms with Gasteiger partial charge in [-0.2, -0.15) is 0 Å². The highest BCUT2D eigenvalue weighted by Gasteiger charge is 2.59. The average molecular weight is 239 g/mol. The quantitative estimate of drug-likeness (QED) is 0.795. The van der Waals surface area contributed by atoms with Gasteiger partial charge in [-0.25, -0.2) is 0 Å². The van der Waals surface area contributed by atoms with E-state index in [1.54, 1.807) is 0 Å². The van der Waals surface area contributed by atoms with Crippen LogP contribution in [-0.2, 0) is 4.74 Å². The predicted molar refractivity (Wildman–Crippen MR) is 72.1 cm³/mol. The highest BCUT2D eigenvalue weighted by Crippen LogP contribution is 2.52. The molecule has 1 heterocycles. The highest BCUT2D eigenvalue weighted by atomic mass is 16.5. The van der Waals surface area contributed by atoms with Crippen LogP contribution >= 0.6 is 0 Å². The van der Waals surface area contributed by atoms with E-state index < -0.39 is 0 Å². The molecule has 100 valence electrons. The molecular formula is C15H29NO. The van der Waals surface area contributed by atoms with Crippen molar-refractivity contribution in [2.45, 2.75) is 72.1 Å². The Morgan fingerprint density at radius 3 is 2.59 bits per heavy atom. The van der Waals surface area contributed by atoms with Crippen LogP contribution in [0.2, 0.25) is 0 Å². The van der Waals surface area contributed by atoms with E-state index in [0.717, 1.165) is 18.4 Å². The maximum Gasteiger partial charge on any atom is 0.0685 e. The van der Waals surface area contributed by atoms with E-state index in [-0.39, 0.29) is 0 Å². The topological polar surface area (TPSA) is 21.3 Å². The summed E-state index contributed by atoms with van der Waals surface area (Å²) in [7, 11) is 0. The Morgan fingerprint density at radius 1 is 1.24 bits per heavy atom. The molecule has 1 N–H and O–H groups in total. The number of rotatable bonds is 5. The van der Waals surface area contributed by atoms with Crippen molar-refractivity contribution in [1.82, 2.24) is 5.32 Å². The van der Waals surface area contributed by atoms with E-state index in [4.69, 9.17) is 4.74 Å². The van der Waals surface area contributed by atoms with Gasteiger partial charge >= 0.3 is 0 Å². The van der Waals surface area contributed by atoms with Crippen LogP contribution < -0.4 is 5.32 Å². The zero-order valence-corrected chi connectivity index (χ0v) is 12.1. The van der Waals surface area contributed by atoms with Gasteiger partial charge in [0.2, 0.25) is 0 Å². The first-order valence-electron chi connectivity index (χ1n) is 7.30. The number of hydrogen-bond acceptors (Lipinski definition) is 2. The van der Waals surface area contributed by atoms with Crippen LogP contribution in [0, 0.1) is 17.3 Å². The van der Waals surface area contributed by atoms with Gasteiger partial charge in [0.1, 0.15) is 0 Å². The molecule has 0 bridgehead atoms. The maximum absolute atomic E-state index is 5.84. The molecule has 17 heavy (non-hydrogen) atoms. The molecule has 0 radical (unpaired) electrons.